The molecule has 2 unspecified atom stereocenters. The molecule has 3 aliphatic rings. The molecule has 5 heterocycles. The van der Waals surface area contributed by atoms with Gasteiger partial charge in [-0.15, -0.1) is 0 Å². The Morgan fingerprint density at radius 3 is 2.38 bits per heavy atom. The quantitative estimate of drug-likeness (QED) is 0.326. The van der Waals surface area contributed by atoms with E-state index in [1.807, 2.05) is 51.1 Å². The average molecular weight is 664 g/mol. The topological polar surface area (TPSA) is 120 Å². The molecule has 2 amide bonds. The van der Waals surface area contributed by atoms with Gasteiger partial charge in [0.05, 0.1) is 18.3 Å². The number of rotatable bonds is 10. The van der Waals surface area contributed by atoms with Crippen LogP contribution in [-0.2, 0) is 16.6 Å². The number of aliphatic hydroxyl groups is 1. The zero-order valence-electron chi connectivity index (χ0n) is 28.6. The highest BCUT2D eigenvalue weighted by Crippen LogP contribution is 2.34. The third kappa shape index (κ3) is 7.44. The van der Waals surface area contributed by atoms with Crippen LogP contribution in [0.2, 0.25) is 0 Å². The molecule has 3 atom stereocenters. The molecule has 0 radical (unpaired) electrons. The van der Waals surface area contributed by atoms with E-state index in [0.717, 1.165) is 76.2 Å². The molecule has 2 aromatic heterocycles. The molecule has 2 N–H and O–H groups in total. The lowest BCUT2D eigenvalue weighted by molar-refractivity contribution is -0.141. The fourth-order valence-corrected chi connectivity index (χ4v) is 7.66. The maximum Gasteiger partial charge on any atom is 0.243 e. The molecule has 12 heteroatoms. The molecule has 48 heavy (non-hydrogen) atoms. The second-order valence-electron chi connectivity index (χ2n) is 14.3. The van der Waals surface area contributed by atoms with Crippen molar-refractivity contribution in [2.75, 3.05) is 44.2 Å². The standard InChI is InChI=1S/C36H50FN7O4/c1-23(2)33(31-20-32(40-48-31)43-18-11-25(12-19-43)22-42-16-13-28(45)14-17-42)36(47)44-15-5-6-30(44)35(46)39-24(3)26-7-9-27(10-8-26)34-29(37)21-38-41(34)4/h7-10,20-21,23-25,28,30,33,45H,5-6,11-19,22H2,1-4H3,(H,39,46)/t24?,30-,33?/m0/s1. The third-order valence-corrected chi connectivity index (χ3v) is 10.5. The maximum atomic E-state index is 14.2. The molecule has 0 bridgehead atoms. The Morgan fingerprint density at radius 1 is 1.02 bits per heavy atom. The number of hydrogen-bond acceptors (Lipinski definition) is 8. The van der Waals surface area contributed by atoms with Crippen LogP contribution in [-0.4, -0.2) is 93.1 Å². The van der Waals surface area contributed by atoms with Gasteiger partial charge < -0.3 is 29.6 Å². The molecule has 3 saturated heterocycles. The summed E-state index contributed by atoms with van der Waals surface area (Å²) >= 11 is 0. The fraction of sp³-hybridized carbons (Fsp3) is 0.611. The summed E-state index contributed by atoms with van der Waals surface area (Å²) in [5.74, 6) is 0.690. The highest BCUT2D eigenvalue weighted by atomic mass is 19.1. The van der Waals surface area contributed by atoms with Crippen LogP contribution in [0, 0.1) is 17.7 Å². The Hall–Kier alpha value is -3.77. The number of hydrogen-bond donors (Lipinski definition) is 2. The maximum absolute atomic E-state index is 14.2. The number of nitrogens with zero attached hydrogens (tertiary/aromatic N) is 6. The first-order valence-electron chi connectivity index (χ1n) is 17.6. The molecule has 1 aromatic carbocycles. The van der Waals surface area contributed by atoms with Crippen molar-refractivity contribution in [2.24, 2.45) is 18.9 Å². The molecule has 0 spiro atoms. The number of carbonyl (C=O) groups is 2. The fourth-order valence-electron chi connectivity index (χ4n) is 7.66. The van der Waals surface area contributed by atoms with Gasteiger partial charge >= 0.3 is 0 Å². The van der Waals surface area contributed by atoms with Crippen molar-refractivity contribution in [3.8, 4) is 11.3 Å². The van der Waals surface area contributed by atoms with Gasteiger partial charge in [-0.3, -0.25) is 14.3 Å². The van der Waals surface area contributed by atoms with Crippen LogP contribution >= 0.6 is 0 Å². The van der Waals surface area contributed by atoms with Gasteiger partial charge in [-0.05, 0) is 62.8 Å². The number of benzene rings is 1. The normalized spacial score (nSPS) is 21.2. The van der Waals surface area contributed by atoms with Crippen molar-refractivity contribution in [1.82, 2.24) is 30.1 Å². The first-order valence-corrected chi connectivity index (χ1v) is 17.6. The summed E-state index contributed by atoms with van der Waals surface area (Å²) in [4.78, 5) is 34.1. The van der Waals surface area contributed by atoms with Crippen molar-refractivity contribution in [2.45, 2.75) is 83.4 Å². The lowest BCUT2D eigenvalue weighted by Crippen LogP contribution is -2.48. The molecule has 3 aliphatic heterocycles. The van der Waals surface area contributed by atoms with E-state index in [1.165, 1.54) is 10.9 Å². The minimum Gasteiger partial charge on any atom is -0.393 e. The Morgan fingerprint density at radius 2 is 1.73 bits per heavy atom. The SMILES string of the molecule is CC(NC(=O)[C@@H]1CCCN1C(=O)C(c1cc(N2CCC(CN3CCC(O)CC3)CC2)no1)C(C)C)c1ccc(-c2c(F)cnn2C)cc1. The van der Waals surface area contributed by atoms with Crippen LogP contribution in [0.5, 0.6) is 0 Å². The number of amides is 2. The van der Waals surface area contributed by atoms with Crippen LogP contribution in [0.15, 0.2) is 41.1 Å². The van der Waals surface area contributed by atoms with E-state index in [-0.39, 0.29) is 35.7 Å². The van der Waals surface area contributed by atoms with Crippen LogP contribution in [0.4, 0.5) is 10.2 Å². The van der Waals surface area contributed by atoms with Crippen LogP contribution in [0.25, 0.3) is 11.3 Å². The van der Waals surface area contributed by atoms with E-state index < -0.39 is 12.0 Å². The van der Waals surface area contributed by atoms with E-state index in [9.17, 15) is 19.1 Å². The van der Waals surface area contributed by atoms with Crippen molar-refractivity contribution in [1.29, 1.82) is 0 Å². The molecule has 260 valence electrons. The molecular formula is C36H50FN7O4. The molecule has 3 fully saturated rings. The number of aromatic nitrogens is 3. The number of aryl methyl sites for hydroxylation is 1. The van der Waals surface area contributed by atoms with Gasteiger partial charge in [0.2, 0.25) is 11.8 Å². The smallest absolute Gasteiger partial charge is 0.243 e. The number of likely N-dealkylation sites (tertiary alicyclic amines) is 2. The Kier molecular flexibility index (Phi) is 10.5. The van der Waals surface area contributed by atoms with Gasteiger partial charge in [-0.1, -0.05) is 43.3 Å². The van der Waals surface area contributed by atoms with Gasteiger partial charge in [0.25, 0.3) is 0 Å². The monoisotopic (exact) mass is 663 g/mol. The van der Waals surface area contributed by atoms with E-state index >= 15 is 0 Å². The summed E-state index contributed by atoms with van der Waals surface area (Å²) in [6.07, 6.45) is 6.28. The molecule has 3 aromatic rings. The summed E-state index contributed by atoms with van der Waals surface area (Å²) in [7, 11) is 1.70. The van der Waals surface area contributed by atoms with Crippen LogP contribution < -0.4 is 10.2 Å². The van der Waals surface area contributed by atoms with E-state index in [1.54, 1.807) is 11.9 Å². The number of piperidine rings is 2. The lowest BCUT2D eigenvalue weighted by Gasteiger charge is -2.36. The highest BCUT2D eigenvalue weighted by molar-refractivity contribution is 5.91. The molecule has 0 aliphatic carbocycles. The zero-order valence-corrected chi connectivity index (χ0v) is 28.6. The third-order valence-electron chi connectivity index (χ3n) is 10.5. The van der Waals surface area contributed by atoms with Crippen molar-refractivity contribution in [3.05, 3.63) is 53.7 Å². The minimum absolute atomic E-state index is 0.0434. The summed E-state index contributed by atoms with van der Waals surface area (Å²) in [5, 5.41) is 21.3. The van der Waals surface area contributed by atoms with Gasteiger partial charge in [0.1, 0.15) is 17.7 Å². The minimum atomic E-state index is -0.561. The van der Waals surface area contributed by atoms with E-state index in [2.05, 4.69) is 25.4 Å². The predicted molar refractivity (Wildman–Crippen MR) is 181 cm³/mol. The molecule has 6 rings (SSSR count). The Bertz CT molecular complexity index is 1520. The zero-order chi connectivity index (χ0) is 33.9. The second-order valence-corrected chi connectivity index (χ2v) is 14.3. The summed E-state index contributed by atoms with van der Waals surface area (Å²) < 4.78 is 21.5. The van der Waals surface area contributed by atoms with Gasteiger partial charge in [0, 0.05) is 57.9 Å². The Balaban J connectivity index is 1.05. The molecule has 11 nitrogen and oxygen atoms in total. The second kappa shape index (κ2) is 14.8. The average Bonchev–Trinajstić information content (AvgIpc) is 3.83. The summed E-state index contributed by atoms with van der Waals surface area (Å²) in [5.41, 5.74) is 2.00. The molecular weight excluding hydrogens is 613 g/mol. The lowest BCUT2D eigenvalue weighted by atomic mass is 9.91. The number of carbonyl (C=O) groups excluding carboxylic acids is 2. The number of aliphatic hydroxyl groups excluding tert-OH is 1. The number of anilines is 1. The summed E-state index contributed by atoms with van der Waals surface area (Å²) in [6, 6.07) is 8.47. The van der Waals surface area contributed by atoms with E-state index in [4.69, 9.17) is 4.52 Å². The largest absolute Gasteiger partial charge is 0.393 e. The number of nitrogens with one attached hydrogen (secondary N) is 1. The Labute approximate surface area is 282 Å². The first kappa shape index (κ1) is 34.1. The summed E-state index contributed by atoms with van der Waals surface area (Å²) in [6.45, 7) is 11.2. The number of halogens is 1. The van der Waals surface area contributed by atoms with Crippen molar-refractivity contribution < 1.29 is 23.6 Å². The van der Waals surface area contributed by atoms with Crippen molar-refractivity contribution in [3.63, 3.8) is 0 Å². The predicted octanol–water partition coefficient (Wildman–Crippen LogP) is 4.50. The van der Waals surface area contributed by atoms with Crippen LogP contribution in [0.1, 0.15) is 82.6 Å². The molecule has 0 saturated carbocycles. The highest BCUT2D eigenvalue weighted by Gasteiger charge is 2.40. The van der Waals surface area contributed by atoms with Crippen molar-refractivity contribution >= 4 is 17.6 Å². The van der Waals surface area contributed by atoms with Gasteiger partial charge in [0.15, 0.2) is 17.4 Å². The van der Waals surface area contributed by atoms with E-state index in [0.29, 0.717) is 35.9 Å². The van der Waals surface area contributed by atoms with Gasteiger partial charge in [-0.25, -0.2) is 4.39 Å². The first-order chi connectivity index (χ1) is 23.1. The van der Waals surface area contributed by atoms with Crippen LogP contribution in [0.3, 0.4) is 0 Å². The van der Waals surface area contributed by atoms with Gasteiger partial charge in [-0.2, -0.15) is 5.10 Å².